The second-order valence-corrected chi connectivity index (χ2v) is 7.23. The van der Waals surface area contributed by atoms with E-state index in [9.17, 15) is 14.9 Å². The summed E-state index contributed by atoms with van der Waals surface area (Å²) in [5.41, 5.74) is 1.71. The molecule has 0 fully saturated rings. The van der Waals surface area contributed by atoms with Gasteiger partial charge in [-0.2, -0.15) is 5.26 Å². The highest BCUT2D eigenvalue weighted by molar-refractivity contribution is 6.31. The molecule has 0 unspecified atom stereocenters. The molecule has 0 atom stereocenters. The monoisotopic (exact) mass is 421 g/mol. The van der Waals surface area contributed by atoms with Gasteiger partial charge in [0, 0.05) is 21.2 Å². The van der Waals surface area contributed by atoms with Crippen LogP contribution in [0.25, 0.3) is 0 Å². The Bertz CT molecular complexity index is 1050. The minimum absolute atomic E-state index is 0.366. The Balaban J connectivity index is 1.79. The number of nitriles is 1. The minimum Gasteiger partial charge on any atom is -0.272 e. The Labute approximate surface area is 177 Å². The molecule has 0 N–H and O–H groups in total. The summed E-state index contributed by atoms with van der Waals surface area (Å²) in [6.07, 6.45) is -1.13. The summed E-state index contributed by atoms with van der Waals surface area (Å²) in [6, 6.07) is 21.8. The topological polar surface area (TPSA) is 64.4 Å². The second-order valence-electron chi connectivity index (χ2n) is 6.36. The van der Waals surface area contributed by atoms with E-state index in [0.717, 1.165) is 0 Å². The standard InChI is InChI=1S/C22H13Cl2N3O2/c23-16-9-5-14(6-10-16)21(28)26-18-3-1-2-4-19(18)27(20(26)13-25)22(29)15-7-11-17(24)12-8-15/h1-12,20H. The van der Waals surface area contributed by atoms with Crippen LogP contribution in [0, 0.1) is 11.3 Å². The molecule has 0 radical (unpaired) electrons. The van der Waals surface area contributed by atoms with Gasteiger partial charge in [0.1, 0.15) is 6.07 Å². The van der Waals surface area contributed by atoms with Crippen molar-refractivity contribution in [3.05, 3.63) is 94.0 Å². The van der Waals surface area contributed by atoms with Crippen LogP contribution < -0.4 is 9.80 Å². The third-order valence-corrected chi connectivity index (χ3v) is 5.13. The van der Waals surface area contributed by atoms with Crippen molar-refractivity contribution in [3.63, 3.8) is 0 Å². The Morgan fingerprint density at radius 1 is 0.724 bits per heavy atom. The number of hydrogen-bond donors (Lipinski definition) is 0. The number of rotatable bonds is 2. The molecular formula is C22H13Cl2N3O2. The van der Waals surface area contributed by atoms with Crippen molar-refractivity contribution in [1.29, 1.82) is 5.26 Å². The maximum Gasteiger partial charge on any atom is 0.260 e. The van der Waals surface area contributed by atoms with Gasteiger partial charge >= 0.3 is 0 Å². The fourth-order valence-electron chi connectivity index (χ4n) is 3.27. The largest absolute Gasteiger partial charge is 0.272 e. The highest BCUT2D eigenvalue weighted by Crippen LogP contribution is 2.41. The molecule has 0 bridgehead atoms. The SMILES string of the molecule is N#CC1N(C(=O)c2ccc(Cl)cc2)c2ccccc2N1C(=O)c1ccc(Cl)cc1. The highest BCUT2D eigenvalue weighted by atomic mass is 35.5. The van der Waals surface area contributed by atoms with Gasteiger partial charge in [0.2, 0.25) is 6.17 Å². The maximum absolute atomic E-state index is 13.2. The lowest BCUT2D eigenvalue weighted by atomic mass is 10.2. The molecule has 4 rings (SSSR count). The third-order valence-electron chi connectivity index (χ3n) is 4.63. The summed E-state index contributed by atoms with van der Waals surface area (Å²) < 4.78 is 0. The molecule has 0 saturated carbocycles. The van der Waals surface area contributed by atoms with Crippen LogP contribution in [0.4, 0.5) is 11.4 Å². The van der Waals surface area contributed by atoms with Crippen molar-refractivity contribution < 1.29 is 9.59 Å². The van der Waals surface area contributed by atoms with Gasteiger partial charge in [0.05, 0.1) is 11.4 Å². The second kappa shape index (κ2) is 7.59. The predicted molar refractivity (Wildman–Crippen MR) is 112 cm³/mol. The van der Waals surface area contributed by atoms with Crippen molar-refractivity contribution in [3.8, 4) is 6.07 Å². The first-order valence-electron chi connectivity index (χ1n) is 8.68. The van der Waals surface area contributed by atoms with E-state index < -0.39 is 18.0 Å². The van der Waals surface area contributed by atoms with Crippen LogP contribution in [0.1, 0.15) is 20.7 Å². The molecule has 0 saturated heterocycles. The van der Waals surface area contributed by atoms with E-state index in [0.29, 0.717) is 32.5 Å². The van der Waals surface area contributed by atoms with E-state index in [-0.39, 0.29) is 0 Å². The Kier molecular flexibility index (Phi) is 4.98. The normalized spacial score (nSPS) is 13.1. The number of fused-ring (bicyclic) bond motifs is 1. The number of carbonyl (C=O) groups excluding carboxylic acids is 2. The Morgan fingerprint density at radius 3 is 1.45 bits per heavy atom. The van der Waals surface area contributed by atoms with Crippen molar-refractivity contribution >= 4 is 46.4 Å². The molecule has 5 nitrogen and oxygen atoms in total. The van der Waals surface area contributed by atoms with Gasteiger partial charge in [0.15, 0.2) is 0 Å². The number of nitrogens with zero attached hydrogens (tertiary/aromatic N) is 3. The van der Waals surface area contributed by atoms with E-state index >= 15 is 0 Å². The van der Waals surface area contributed by atoms with Crippen molar-refractivity contribution in [2.75, 3.05) is 9.80 Å². The average molecular weight is 422 g/mol. The first-order chi connectivity index (χ1) is 14.0. The molecule has 1 heterocycles. The summed E-state index contributed by atoms with van der Waals surface area (Å²) in [6.45, 7) is 0. The molecule has 0 aromatic heterocycles. The lowest BCUT2D eigenvalue weighted by molar-refractivity contribution is 0.0966. The zero-order valence-electron chi connectivity index (χ0n) is 14.9. The lowest BCUT2D eigenvalue weighted by Gasteiger charge is -2.25. The molecular weight excluding hydrogens is 409 g/mol. The summed E-state index contributed by atoms with van der Waals surface area (Å²) in [7, 11) is 0. The highest BCUT2D eigenvalue weighted by Gasteiger charge is 2.43. The molecule has 1 aliphatic heterocycles. The molecule has 3 aromatic carbocycles. The predicted octanol–water partition coefficient (Wildman–Crippen LogP) is 5.15. The van der Waals surface area contributed by atoms with Crippen LogP contribution >= 0.6 is 23.2 Å². The number of halogens is 2. The molecule has 29 heavy (non-hydrogen) atoms. The molecule has 0 spiro atoms. The number of carbonyl (C=O) groups is 2. The van der Waals surface area contributed by atoms with Crippen LogP contribution in [0.2, 0.25) is 10.0 Å². The van der Waals surface area contributed by atoms with E-state index in [1.54, 1.807) is 72.8 Å². The van der Waals surface area contributed by atoms with Gasteiger partial charge in [-0.1, -0.05) is 35.3 Å². The maximum atomic E-state index is 13.2. The van der Waals surface area contributed by atoms with Gasteiger partial charge in [-0.3, -0.25) is 19.4 Å². The van der Waals surface area contributed by atoms with Gasteiger partial charge in [-0.15, -0.1) is 0 Å². The lowest BCUT2D eigenvalue weighted by Crippen LogP contribution is -2.48. The van der Waals surface area contributed by atoms with Crippen LogP contribution in [-0.4, -0.2) is 18.0 Å². The van der Waals surface area contributed by atoms with Gasteiger partial charge < -0.3 is 0 Å². The van der Waals surface area contributed by atoms with Crippen LogP contribution in [0.3, 0.4) is 0 Å². The number of anilines is 2. The van der Waals surface area contributed by atoms with E-state index in [1.165, 1.54) is 9.80 Å². The Morgan fingerprint density at radius 2 is 1.10 bits per heavy atom. The van der Waals surface area contributed by atoms with Gasteiger partial charge in [0.25, 0.3) is 11.8 Å². The van der Waals surface area contributed by atoms with Crippen molar-refractivity contribution in [2.24, 2.45) is 0 Å². The molecule has 2 amide bonds. The van der Waals surface area contributed by atoms with E-state index in [1.807, 2.05) is 0 Å². The number of benzene rings is 3. The van der Waals surface area contributed by atoms with Crippen LogP contribution in [-0.2, 0) is 0 Å². The Hall–Kier alpha value is -3.33. The van der Waals surface area contributed by atoms with Crippen molar-refractivity contribution in [2.45, 2.75) is 6.17 Å². The molecule has 7 heteroatoms. The number of hydrogen-bond acceptors (Lipinski definition) is 3. The third kappa shape index (κ3) is 3.33. The first-order valence-corrected chi connectivity index (χ1v) is 9.44. The van der Waals surface area contributed by atoms with E-state index in [2.05, 4.69) is 6.07 Å². The first kappa shape index (κ1) is 19.0. The minimum atomic E-state index is -1.13. The van der Waals surface area contributed by atoms with Crippen molar-refractivity contribution in [1.82, 2.24) is 0 Å². The molecule has 142 valence electrons. The number of para-hydroxylation sites is 2. The fraction of sp³-hybridized carbons (Fsp3) is 0.0455. The molecule has 1 aliphatic rings. The van der Waals surface area contributed by atoms with Crippen LogP contribution in [0.15, 0.2) is 72.8 Å². The summed E-state index contributed by atoms with van der Waals surface area (Å²) >= 11 is 11.8. The summed E-state index contributed by atoms with van der Waals surface area (Å²) in [5, 5.41) is 10.9. The summed E-state index contributed by atoms with van der Waals surface area (Å²) in [4.78, 5) is 29.1. The van der Waals surface area contributed by atoms with Gasteiger partial charge in [-0.25, -0.2) is 0 Å². The molecule has 0 aliphatic carbocycles. The molecule has 3 aromatic rings. The number of amides is 2. The zero-order valence-corrected chi connectivity index (χ0v) is 16.4. The zero-order chi connectivity index (χ0) is 20.5. The average Bonchev–Trinajstić information content (AvgIpc) is 3.08. The van der Waals surface area contributed by atoms with E-state index in [4.69, 9.17) is 23.2 Å². The smallest absolute Gasteiger partial charge is 0.260 e. The van der Waals surface area contributed by atoms with Gasteiger partial charge in [-0.05, 0) is 60.7 Å². The fourth-order valence-corrected chi connectivity index (χ4v) is 3.52. The summed E-state index contributed by atoms with van der Waals surface area (Å²) in [5.74, 6) is -0.792. The van der Waals surface area contributed by atoms with Crippen LogP contribution in [0.5, 0.6) is 0 Å². The quantitative estimate of drug-likeness (QED) is 0.574.